The fourth-order valence-corrected chi connectivity index (χ4v) is 2.54. The van der Waals surface area contributed by atoms with E-state index >= 15 is 0 Å². The zero-order valence-electron chi connectivity index (χ0n) is 12.3. The van der Waals surface area contributed by atoms with Gasteiger partial charge in [-0.2, -0.15) is 0 Å². The summed E-state index contributed by atoms with van der Waals surface area (Å²) in [5.74, 6) is 0.235. The molecule has 0 atom stereocenters. The lowest BCUT2D eigenvalue weighted by Gasteiger charge is -2.27. The average molecular weight is 279 g/mol. The number of piperidine rings is 1. The van der Waals surface area contributed by atoms with Crippen molar-refractivity contribution in [3.05, 3.63) is 24.0 Å². The number of carbonyl (C=O) groups excluding carboxylic acids is 1. The van der Waals surface area contributed by atoms with E-state index in [0.29, 0.717) is 13.2 Å². The largest absolute Gasteiger partial charge is 0.383 e. The molecule has 1 aliphatic rings. The van der Waals surface area contributed by atoms with Gasteiger partial charge in [0.05, 0.1) is 6.61 Å². The van der Waals surface area contributed by atoms with Crippen LogP contribution in [0.4, 0.5) is 0 Å². The first-order valence-electron chi connectivity index (χ1n) is 7.42. The number of hydrogen-bond acceptors (Lipinski definition) is 3. The molecule has 20 heavy (non-hydrogen) atoms. The van der Waals surface area contributed by atoms with Gasteiger partial charge in [0.15, 0.2) is 0 Å². The van der Waals surface area contributed by atoms with E-state index in [-0.39, 0.29) is 5.91 Å². The van der Waals surface area contributed by atoms with Crippen molar-refractivity contribution in [2.24, 2.45) is 0 Å². The number of rotatable bonds is 7. The number of likely N-dealkylation sites (tertiary alicyclic amines) is 1. The summed E-state index contributed by atoms with van der Waals surface area (Å²) >= 11 is 0. The number of nitrogens with zero attached hydrogens (tertiary/aromatic N) is 2. The number of hydrogen-bond donors (Lipinski definition) is 1. The summed E-state index contributed by atoms with van der Waals surface area (Å²) in [6.45, 7) is 4.58. The minimum absolute atomic E-state index is 0.235. The van der Waals surface area contributed by atoms with Crippen molar-refractivity contribution in [1.82, 2.24) is 14.8 Å². The van der Waals surface area contributed by atoms with Crippen molar-refractivity contribution in [2.45, 2.75) is 32.4 Å². The minimum atomic E-state index is 0.235. The maximum absolute atomic E-state index is 12.3. The van der Waals surface area contributed by atoms with Crippen molar-refractivity contribution < 1.29 is 9.53 Å². The quantitative estimate of drug-likeness (QED) is 0.764. The van der Waals surface area contributed by atoms with E-state index in [1.54, 1.807) is 7.11 Å². The zero-order chi connectivity index (χ0) is 14.2. The Morgan fingerprint density at radius 1 is 1.35 bits per heavy atom. The Bertz CT molecular complexity index is 411. The molecule has 1 aromatic rings. The van der Waals surface area contributed by atoms with Crippen LogP contribution in [-0.2, 0) is 22.6 Å². The number of carbonyl (C=O) groups is 1. The summed E-state index contributed by atoms with van der Waals surface area (Å²) in [5, 5.41) is 3.31. The molecule has 1 saturated heterocycles. The van der Waals surface area contributed by atoms with E-state index in [2.05, 4.69) is 11.4 Å². The standard InChI is InChI=1S/C15H25N3O2/c1-20-11-7-16-12-14-6-5-10-18(14)13-15(19)17-8-3-2-4-9-17/h5-6,10,16H,2-4,7-9,11-13H2,1H3. The van der Waals surface area contributed by atoms with Gasteiger partial charge >= 0.3 is 0 Å². The Morgan fingerprint density at radius 3 is 2.90 bits per heavy atom. The molecule has 0 spiro atoms. The molecular formula is C15H25N3O2. The Hall–Kier alpha value is -1.33. The van der Waals surface area contributed by atoms with E-state index in [1.807, 2.05) is 21.7 Å². The first-order valence-corrected chi connectivity index (χ1v) is 7.42. The molecule has 0 radical (unpaired) electrons. The monoisotopic (exact) mass is 279 g/mol. The van der Waals surface area contributed by atoms with Gasteiger partial charge in [0.1, 0.15) is 6.54 Å². The second kappa shape index (κ2) is 8.07. The van der Waals surface area contributed by atoms with Crippen molar-refractivity contribution in [2.75, 3.05) is 33.4 Å². The van der Waals surface area contributed by atoms with Crippen molar-refractivity contribution in [3.63, 3.8) is 0 Å². The normalized spacial score (nSPS) is 15.6. The Morgan fingerprint density at radius 2 is 2.15 bits per heavy atom. The highest BCUT2D eigenvalue weighted by atomic mass is 16.5. The minimum Gasteiger partial charge on any atom is -0.383 e. The van der Waals surface area contributed by atoms with Crippen LogP contribution in [0.3, 0.4) is 0 Å². The molecule has 1 fully saturated rings. The maximum atomic E-state index is 12.3. The summed E-state index contributed by atoms with van der Waals surface area (Å²) < 4.78 is 7.04. The molecule has 1 amide bonds. The third-order valence-electron chi connectivity index (χ3n) is 3.73. The van der Waals surface area contributed by atoms with E-state index in [4.69, 9.17) is 4.74 Å². The second-order valence-electron chi connectivity index (χ2n) is 5.24. The van der Waals surface area contributed by atoms with Gasteiger partial charge < -0.3 is 19.5 Å². The van der Waals surface area contributed by atoms with Crippen molar-refractivity contribution in [1.29, 1.82) is 0 Å². The molecule has 0 aliphatic carbocycles. The molecule has 5 heteroatoms. The predicted octanol–water partition coefficient (Wildman–Crippen LogP) is 1.24. The third-order valence-corrected chi connectivity index (χ3v) is 3.73. The van der Waals surface area contributed by atoms with Crippen LogP contribution >= 0.6 is 0 Å². The number of ether oxygens (including phenoxy) is 1. The maximum Gasteiger partial charge on any atom is 0.242 e. The Kier molecular flexibility index (Phi) is 6.08. The summed E-state index contributed by atoms with van der Waals surface area (Å²) in [6.07, 6.45) is 5.52. The zero-order valence-corrected chi connectivity index (χ0v) is 12.3. The summed E-state index contributed by atoms with van der Waals surface area (Å²) in [4.78, 5) is 14.3. The summed E-state index contributed by atoms with van der Waals surface area (Å²) in [5.41, 5.74) is 1.14. The molecule has 0 aromatic carbocycles. The second-order valence-corrected chi connectivity index (χ2v) is 5.24. The highest BCUT2D eigenvalue weighted by Crippen LogP contribution is 2.10. The van der Waals surface area contributed by atoms with E-state index in [9.17, 15) is 4.79 Å². The molecule has 1 N–H and O–H groups in total. The Balaban J connectivity index is 1.82. The SMILES string of the molecule is COCCNCc1cccn1CC(=O)N1CCCCC1. The third kappa shape index (κ3) is 4.35. The van der Waals surface area contributed by atoms with E-state index < -0.39 is 0 Å². The van der Waals surface area contributed by atoms with Crippen molar-refractivity contribution >= 4 is 5.91 Å². The van der Waals surface area contributed by atoms with Crippen LogP contribution in [0.15, 0.2) is 18.3 Å². The number of nitrogens with one attached hydrogen (secondary N) is 1. The van der Waals surface area contributed by atoms with Gasteiger partial charge in [-0.1, -0.05) is 0 Å². The lowest BCUT2D eigenvalue weighted by molar-refractivity contribution is -0.132. The average Bonchev–Trinajstić information content (AvgIpc) is 2.92. The molecule has 2 rings (SSSR count). The first-order chi connectivity index (χ1) is 9.81. The fraction of sp³-hybridized carbons (Fsp3) is 0.667. The molecule has 0 bridgehead atoms. The highest BCUT2D eigenvalue weighted by Gasteiger charge is 2.17. The number of methoxy groups -OCH3 is 1. The van der Waals surface area contributed by atoms with Crippen LogP contribution in [0.5, 0.6) is 0 Å². The van der Waals surface area contributed by atoms with Crippen LogP contribution in [-0.4, -0.2) is 48.7 Å². The predicted molar refractivity (Wildman–Crippen MR) is 78.4 cm³/mol. The molecule has 5 nitrogen and oxygen atoms in total. The van der Waals surface area contributed by atoms with Gasteiger partial charge in [0.25, 0.3) is 0 Å². The van der Waals surface area contributed by atoms with Gasteiger partial charge in [-0.15, -0.1) is 0 Å². The lowest BCUT2D eigenvalue weighted by atomic mass is 10.1. The van der Waals surface area contributed by atoms with Gasteiger partial charge in [-0.25, -0.2) is 0 Å². The van der Waals surface area contributed by atoms with Crippen LogP contribution in [0.2, 0.25) is 0 Å². The number of aromatic nitrogens is 1. The molecule has 1 aromatic heterocycles. The van der Waals surface area contributed by atoms with Gasteiger partial charge in [-0.3, -0.25) is 4.79 Å². The molecule has 0 unspecified atom stereocenters. The molecular weight excluding hydrogens is 254 g/mol. The van der Waals surface area contributed by atoms with Crippen LogP contribution < -0.4 is 5.32 Å². The number of amides is 1. The molecule has 2 heterocycles. The molecule has 112 valence electrons. The smallest absolute Gasteiger partial charge is 0.242 e. The van der Waals surface area contributed by atoms with Crippen LogP contribution in [0.25, 0.3) is 0 Å². The van der Waals surface area contributed by atoms with Crippen LogP contribution in [0.1, 0.15) is 25.0 Å². The van der Waals surface area contributed by atoms with Gasteiger partial charge in [0, 0.05) is 45.2 Å². The first kappa shape index (κ1) is 15.1. The van der Waals surface area contributed by atoms with Gasteiger partial charge in [-0.05, 0) is 31.4 Å². The van der Waals surface area contributed by atoms with E-state index in [1.165, 1.54) is 6.42 Å². The Labute approximate surface area is 120 Å². The fourth-order valence-electron chi connectivity index (χ4n) is 2.54. The van der Waals surface area contributed by atoms with Crippen molar-refractivity contribution in [3.8, 4) is 0 Å². The summed E-state index contributed by atoms with van der Waals surface area (Å²) in [7, 11) is 1.70. The van der Waals surface area contributed by atoms with Crippen LogP contribution in [0, 0.1) is 0 Å². The topological polar surface area (TPSA) is 46.5 Å². The van der Waals surface area contributed by atoms with Gasteiger partial charge in [0.2, 0.25) is 5.91 Å². The highest BCUT2D eigenvalue weighted by molar-refractivity contribution is 5.76. The lowest BCUT2D eigenvalue weighted by Crippen LogP contribution is -2.38. The molecule has 0 saturated carbocycles. The van der Waals surface area contributed by atoms with E-state index in [0.717, 1.165) is 44.7 Å². The molecule has 1 aliphatic heterocycles. The summed E-state index contributed by atoms with van der Waals surface area (Å²) in [6, 6.07) is 4.06.